The van der Waals surface area contributed by atoms with Gasteiger partial charge in [0.15, 0.2) is 0 Å². The lowest BCUT2D eigenvalue weighted by Gasteiger charge is -2.52. The SMILES string of the molecule is CC(=O)N1CCCC[C@@]12CCCN(C(=O)c1ccccn1)C2. The number of likely N-dealkylation sites (tertiary alicyclic amines) is 2. The molecular weight excluding hydrogens is 278 g/mol. The maximum atomic E-state index is 12.7. The molecule has 0 radical (unpaired) electrons. The van der Waals surface area contributed by atoms with Crippen molar-refractivity contribution in [2.24, 2.45) is 0 Å². The van der Waals surface area contributed by atoms with Crippen molar-refractivity contribution in [2.75, 3.05) is 19.6 Å². The molecule has 5 nitrogen and oxygen atoms in total. The fourth-order valence-corrected chi connectivity index (χ4v) is 3.95. The van der Waals surface area contributed by atoms with E-state index in [0.29, 0.717) is 12.2 Å². The first-order valence-electron chi connectivity index (χ1n) is 8.11. The van der Waals surface area contributed by atoms with E-state index < -0.39 is 0 Å². The molecule has 118 valence electrons. The molecule has 22 heavy (non-hydrogen) atoms. The van der Waals surface area contributed by atoms with Gasteiger partial charge in [-0.2, -0.15) is 0 Å². The topological polar surface area (TPSA) is 53.5 Å². The predicted molar refractivity (Wildman–Crippen MR) is 83.3 cm³/mol. The molecule has 2 aliphatic rings. The molecule has 3 rings (SSSR count). The van der Waals surface area contributed by atoms with Crippen molar-refractivity contribution in [3.8, 4) is 0 Å². The third kappa shape index (κ3) is 2.72. The van der Waals surface area contributed by atoms with E-state index in [1.807, 2.05) is 21.9 Å². The van der Waals surface area contributed by atoms with Gasteiger partial charge >= 0.3 is 0 Å². The van der Waals surface area contributed by atoms with Crippen molar-refractivity contribution in [2.45, 2.75) is 44.6 Å². The van der Waals surface area contributed by atoms with Crippen LogP contribution < -0.4 is 0 Å². The van der Waals surface area contributed by atoms with Crippen LogP contribution in [-0.4, -0.2) is 51.8 Å². The molecule has 2 aliphatic heterocycles. The lowest BCUT2D eigenvalue weighted by Crippen LogP contribution is -2.62. The molecule has 0 bridgehead atoms. The van der Waals surface area contributed by atoms with Crippen molar-refractivity contribution in [1.29, 1.82) is 0 Å². The zero-order valence-electron chi connectivity index (χ0n) is 13.1. The van der Waals surface area contributed by atoms with Gasteiger partial charge in [-0.3, -0.25) is 14.6 Å². The Bertz CT molecular complexity index is 556. The first-order valence-corrected chi connectivity index (χ1v) is 8.11. The molecule has 3 heterocycles. The second-order valence-electron chi connectivity index (χ2n) is 6.40. The lowest BCUT2D eigenvalue weighted by molar-refractivity contribution is -0.140. The van der Waals surface area contributed by atoms with E-state index in [1.165, 1.54) is 0 Å². The summed E-state index contributed by atoms with van der Waals surface area (Å²) in [6.07, 6.45) is 6.79. The van der Waals surface area contributed by atoms with Crippen LogP contribution in [0.2, 0.25) is 0 Å². The van der Waals surface area contributed by atoms with Crippen LogP contribution in [-0.2, 0) is 4.79 Å². The van der Waals surface area contributed by atoms with Crippen LogP contribution in [0.4, 0.5) is 0 Å². The van der Waals surface area contributed by atoms with Crippen molar-refractivity contribution >= 4 is 11.8 Å². The van der Waals surface area contributed by atoms with Crippen molar-refractivity contribution in [3.05, 3.63) is 30.1 Å². The molecular formula is C17H23N3O2. The van der Waals surface area contributed by atoms with Crippen LogP contribution in [0.25, 0.3) is 0 Å². The Morgan fingerprint density at radius 2 is 1.95 bits per heavy atom. The van der Waals surface area contributed by atoms with Crippen LogP contribution >= 0.6 is 0 Å². The zero-order chi connectivity index (χ0) is 15.6. The molecule has 2 amide bonds. The molecule has 1 atom stereocenters. The highest BCUT2D eigenvalue weighted by Crippen LogP contribution is 2.36. The molecule has 1 aromatic heterocycles. The van der Waals surface area contributed by atoms with Crippen LogP contribution in [0.15, 0.2) is 24.4 Å². The van der Waals surface area contributed by atoms with Gasteiger partial charge in [0, 0.05) is 32.8 Å². The fourth-order valence-electron chi connectivity index (χ4n) is 3.95. The van der Waals surface area contributed by atoms with Gasteiger partial charge in [0.05, 0.1) is 5.54 Å². The van der Waals surface area contributed by atoms with E-state index in [4.69, 9.17) is 0 Å². The summed E-state index contributed by atoms with van der Waals surface area (Å²) in [4.78, 5) is 32.8. The molecule has 0 unspecified atom stereocenters. The average Bonchev–Trinajstić information content (AvgIpc) is 2.55. The second kappa shape index (κ2) is 6.07. The van der Waals surface area contributed by atoms with E-state index in [0.717, 1.165) is 45.2 Å². The molecule has 1 aromatic rings. The summed E-state index contributed by atoms with van der Waals surface area (Å²) in [6.45, 7) is 3.86. The first kappa shape index (κ1) is 15.0. The summed E-state index contributed by atoms with van der Waals surface area (Å²) in [5, 5.41) is 0. The van der Waals surface area contributed by atoms with Gasteiger partial charge in [-0.25, -0.2) is 0 Å². The maximum Gasteiger partial charge on any atom is 0.272 e. The van der Waals surface area contributed by atoms with Crippen molar-refractivity contribution in [3.63, 3.8) is 0 Å². The van der Waals surface area contributed by atoms with E-state index in [2.05, 4.69) is 4.98 Å². The molecule has 1 spiro atoms. The smallest absolute Gasteiger partial charge is 0.272 e. The number of aromatic nitrogens is 1. The highest BCUT2D eigenvalue weighted by molar-refractivity contribution is 5.92. The molecule has 2 fully saturated rings. The Labute approximate surface area is 131 Å². The highest BCUT2D eigenvalue weighted by Gasteiger charge is 2.44. The van der Waals surface area contributed by atoms with Crippen LogP contribution in [0.5, 0.6) is 0 Å². The minimum Gasteiger partial charge on any atom is -0.335 e. The number of rotatable bonds is 1. The van der Waals surface area contributed by atoms with E-state index in [1.54, 1.807) is 19.2 Å². The number of piperidine rings is 2. The Kier molecular flexibility index (Phi) is 4.14. The highest BCUT2D eigenvalue weighted by atomic mass is 16.2. The molecule has 0 N–H and O–H groups in total. The van der Waals surface area contributed by atoms with Gasteiger partial charge in [-0.15, -0.1) is 0 Å². The molecule has 0 saturated carbocycles. The van der Waals surface area contributed by atoms with Gasteiger partial charge in [-0.05, 0) is 44.2 Å². The molecule has 0 aromatic carbocycles. The minimum atomic E-state index is -0.160. The first-order chi connectivity index (χ1) is 10.6. The Hall–Kier alpha value is -1.91. The zero-order valence-corrected chi connectivity index (χ0v) is 13.1. The van der Waals surface area contributed by atoms with Gasteiger partial charge < -0.3 is 9.80 Å². The Balaban J connectivity index is 1.81. The number of carbonyl (C=O) groups excluding carboxylic acids is 2. The number of nitrogens with zero attached hydrogens (tertiary/aromatic N) is 3. The normalized spacial score (nSPS) is 25.3. The summed E-state index contributed by atoms with van der Waals surface area (Å²) in [5.74, 6) is 0.112. The lowest BCUT2D eigenvalue weighted by atomic mass is 9.79. The van der Waals surface area contributed by atoms with E-state index in [9.17, 15) is 9.59 Å². The third-order valence-electron chi connectivity index (χ3n) is 4.95. The molecule has 5 heteroatoms. The minimum absolute atomic E-state index is 0.0197. The molecule has 0 aliphatic carbocycles. The fraction of sp³-hybridized carbons (Fsp3) is 0.588. The number of carbonyl (C=O) groups is 2. The summed E-state index contributed by atoms with van der Waals surface area (Å²) >= 11 is 0. The van der Waals surface area contributed by atoms with Crippen molar-refractivity contribution < 1.29 is 9.59 Å². The quantitative estimate of drug-likeness (QED) is 0.798. The Morgan fingerprint density at radius 1 is 1.14 bits per heavy atom. The van der Waals surface area contributed by atoms with E-state index in [-0.39, 0.29) is 17.4 Å². The second-order valence-corrected chi connectivity index (χ2v) is 6.40. The molecule has 2 saturated heterocycles. The number of hydrogen-bond donors (Lipinski definition) is 0. The summed E-state index contributed by atoms with van der Waals surface area (Å²) in [5.41, 5.74) is 0.331. The largest absolute Gasteiger partial charge is 0.335 e. The van der Waals surface area contributed by atoms with Crippen LogP contribution in [0, 0.1) is 0 Å². The number of pyridine rings is 1. The average molecular weight is 301 g/mol. The predicted octanol–water partition coefficient (Wildman–Crippen LogP) is 2.09. The summed E-state index contributed by atoms with van der Waals surface area (Å²) < 4.78 is 0. The van der Waals surface area contributed by atoms with Gasteiger partial charge in [0.1, 0.15) is 5.69 Å². The van der Waals surface area contributed by atoms with Gasteiger partial charge in [0.2, 0.25) is 5.91 Å². The Morgan fingerprint density at radius 3 is 2.68 bits per heavy atom. The van der Waals surface area contributed by atoms with Crippen LogP contribution in [0.3, 0.4) is 0 Å². The third-order valence-corrected chi connectivity index (χ3v) is 4.95. The summed E-state index contributed by atoms with van der Waals surface area (Å²) in [7, 11) is 0. The summed E-state index contributed by atoms with van der Waals surface area (Å²) in [6, 6.07) is 5.41. The van der Waals surface area contributed by atoms with E-state index >= 15 is 0 Å². The van der Waals surface area contributed by atoms with Gasteiger partial charge in [0.25, 0.3) is 5.91 Å². The monoisotopic (exact) mass is 301 g/mol. The van der Waals surface area contributed by atoms with Crippen LogP contribution in [0.1, 0.15) is 49.5 Å². The number of hydrogen-bond acceptors (Lipinski definition) is 3. The number of amides is 2. The van der Waals surface area contributed by atoms with Gasteiger partial charge in [-0.1, -0.05) is 6.07 Å². The van der Waals surface area contributed by atoms with Crippen molar-refractivity contribution in [1.82, 2.24) is 14.8 Å². The standard InChI is InChI=1S/C17H23N3O2/c1-14(21)20-12-5-3-8-17(20)9-6-11-19(13-17)16(22)15-7-2-4-10-18-15/h2,4,7,10H,3,5-6,8-9,11-13H2,1H3/t17-/m0/s1. The maximum absolute atomic E-state index is 12.7.